The molecule has 2 N–H and O–H groups in total. The van der Waals surface area contributed by atoms with Gasteiger partial charge in [-0.25, -0.2) is 0 Å². The van der Waals surface area contributed by atoms with Gasteiger partial charge in [-0.05, 0) is 67.7 Å². The normalized spacial score (nSPS) is 30.8. The van der Waals surface area contributed by atoms with Crippen molar-refractivity contribution >= 4 is 5.69 Å². The maximum atomic E-state index is 5.97. The summed E-state index contributed by atoms with van der Waals surface area (Å²) < 4.78 is 5.97. The van der Waals surface area contributed by atoms with E-state index in [1.807, 2.05) is 18.2 Å². The molecule has 1 aromatic rings. The second-order valence-electron chi connectivity index (χ2n) is 5.77. The van der Waals surface area contributed by atoms with Gasteiger partial charge in [-0.3, -0.25) is 0 Å². The average Bonchev–Trinajstić information content (AvgIpc) is 2.89. The van der Waals surface area contributed by atoms with E-state index in [4.69, 9.17) is 10.5 Å². The Morgan fingerprint density at radius 3 is 2.82 bits per heavy atom. The first-order chi connectivity index (χ1) is 8.22. The van der Waals surface area contributed by atoms with Gasteiger partial charge in [0.25, 0.3) is 0 Å². The number of rotatable bonds is 3. The fourth-order valence-electron chi connectivity index (χ4n) is 3.61. The standard InChI is InChI=1S/C15H21NO/c1-10-6-14(16)4-5-15(10)17-9-13-8-11-2-3-12(13)7-11/h4-6,11-13H,2-3,7-9,16H2,1H3. The van der Waals surface area contributed by atoms with Crippen LogP contribution in [-0.2, 0) is 0 Å². The molecule has 3 unspecified atom stereocenters. The Hall–Kier alpha value is -1.18. The Labute approximate surface area is 103 Å². The summed E-state index contributed by atoms with van der Waals surface area (Å²) in [4.78, 5) is 0. The van der Waals surface area contributed by atoms with E-state index in [0.717, 1.165) is 41.4 Å². The third-order valence-electron chi connectivity index (χ3n) is 4.54. The molecule has 2 aliphatic rings. The molecule has 0 saturated heterocycles. The van der Waals surface area contributed by atoms with Crippen molar-refractivity contribution in [2.45, 2.75) is 32.6 Å². The molecule has 2 saturated carbocycles. The van der Waals surface area contributed by atoms with Gasteiger partial charge in [-0.2, -0.15) is 0 Å². The molecular weight excluding hydrogens is 210 g/mol. The van der Waals surface area contributed by atoms with Gasteiger partial charge >= 0.3 is 0 Å². The number of hydrogen-bond acceptors (Lipinski definition) is 2. The number of nitrogen functional groups attached to an aromatic ring is 1. The predicted molar refractivity (Wildman–Crippen MR) is 70.0 cm³/mol. The molecule has 0 heterocycles. The SMILES string of the molecule is Cc1cc(N)ccc1OCC1CC2CCC1C2. The number of anilines is 1. The van der Waals surface area contributed by atoms with E-state index in [2.05, 4.69) is 6.92 Å². The van der Waals surface area contributed by atoms with Crippen molar-refractivity contribution in [1.82, 2.24) is 0 Å². The summed E-state index contributed by atoms with van der Waals surface area (Å²) in [5, 5.41) is 0. The van der Waals surface area contributed by atoms with Gasteiger partial charge in [0.05, 0.1) is 6.61 Å². The molecule has 92 valence electrons. The largest absolute Gasteiger partial charge is 0.493 e. The molecule has 2 fully saturated rings. The Kier molecular flexibility index (Phi) is 2.73. The van der Waals surface area contributed by atoms with Gasteiger partial charge in [-0.15, -0.1) is 0 Å². The molecule has 1 aromatic carbocycles. The summed E-state index contributed by atoms with van der Waals surface area (Å²) in [7, 11) is 0. The highest BCUT2D eigenvalue weighted by molar-refractivity contribution is 5.47. The van der Waals surface area contributed by atoms with E-state index in [1.54, 1.807) is 0 Å². The van der Waals surface area contributed by atoms with Crippen LogP contribution in [0.25, 0.3) is 0 Å². The minimum atomic E-state index is 0.797. The lowest BCUT2D eigenvalue weighted by Gasteiger charge is -2.22. The number of fused-ring (bicyclic) bond motifs is 2. The Morgan fingerprint density at radius 2 is 2.18 bits per heavy atom. The van der Waals surface area contributed by atoms with Gasteiger partial charge < -0.3 is 10.5 Å². The molecule has 0 aromatic heterocycles. The lowest BCUT2D eigenvalue weighted by atomic mass is 9.89. The van der Waals surface area contributed by atoms with Gasteiger partial charge in [0.1, 0.15) is 5.75 Å². The van der Waals surface area contributed by atoms with Crippen LogP contribution in [0.15, 0.2) is 18.2 Å². The van der Waals surface area contributed by atoms with Gasteiger partial charge in [0.2, 0.25) is 0 Å². The van der Waals surface area contributed by atoms with E-state index in [0.29, 0.717) is 0 Å². The molecule has 3 rings (SSSR count). The van der Waals surface area contributed by atoms with Crippen LogP contribution in [0.2, 0.25) is 0 Å². The summed E-state index contributed by atoms with van der Waals surface area (Å²) in [5.74, 6) is 3.74. The van der Waals surface area contributed by atoms with Crippen molar-refractivity contribution in [3.63, 3.8) is 0 Å². The lowest BCUT2D eigenvalue weighted by Crippen LogP contribution is -2.18. The molecule has 0 amide bonds. The second-order valence-corrected chi connectivity index (χ2v) is 5.77. The molecule has 3 atom stereocenters. The molecule has 2 bridgehead atoms. The van der Waals surface area contributed by atoms with Crippen LogP contribution in [0, 0.1) is 24.7 Å². The third kappa shape index (κ3) is 2.13. The van der Waals surface area contributed by atoms with E-state index in [-0.39, 0.29) is 0 Å². The van der Waals surface area contributed by atoms with Crippen molar-refractivity contribution in [1.29, 1.82) is 0 Å². The van der Waals surface area contributed by atoms with Crippen molar-refractivity contribution in [3.8, 4) is 5.75 Å². The Balaban J connectivity index is 1.60. The zero-order valence-electron chi connectivity index (χ0n) is 10.5. The fourth-order valence-corrected chi connectivity index (χ4v) is 3.61. The molecule has 0 aliphatic heterocycles. The van der Waals surface area contributed by atoms with Crippen LogP contribution in [0.1, 0.15) is 31.2 Å². The quantitative estimate of drug-likeness (QED) is 0.809. The summed E-state index contributed by atoms with van der Waals surface area (Å²) in [6.07, 6.45) is 5.73. The topological polar surface area (TPSA) is 35.2 Å². The highest BCUT2D eigenvalue weighted by Crippen LogP contribution is 2.48. The summed E-state index contributed by atoms with van der Waals surface area (Å²) in [6.45, 7) is 2.96. The van der Waals surface area contributed by atoms with E-state index in [9.17, 15) is 0 Å². The molecule has 2 aliphatic carbocycles. The third-order valence-corrected chi connectivity index (χ3v) is 4.54. The number of aryl methyl sites for hydroxylation is 1. The van der Waals surface area contributed by atoms with E-state index >= 15 is 0 Å². The number of hydrogen-bond donors (Lipinski definition) is 1. The first-order valence-electron chi connectivity index (χ1n) is 6.71. The van der Waals surface area contributed by atoms with Crippen LogP contribution in [0.5, 0.6) is 5.75 Å². The minimum absolute atomic E-state index is 0.797. The van der Waals surface area contributed by atoms with Crippen LogP contribution in [-0.4, -0.2) is 6.61 Å². The smallest absolute Gasteiger partial charge is 0.122 e. The van der Waals surface area contributed by atoms with Crippen LogP contribution >= 0.6 is 0 Å². The summed E-state index contributed by atoms with van der Waals surface area (Å²) in [5.41, 5.74) is 7.70. The maximum Gasteiger partial charge on any atom is 0.122 e. The van der Waals surface area contributed by atoms with Crippen molar-refractivity contribution in [2.75, 3.05) is 12.3 Å². The first-order valence-corrected chi connectivity index (χ1v) is 6.71. The monoisotopic (exact) mass is 231 g/mol. The molecule has 0 spiro atoms. The molecule has 17 heavy (non-hydrogen) atoms. The Morgan fingerprint density at radius 1 is 1.29 bits per heavy atom. The zero-order chi connectivity index (χ0) is 11.8. The van der Waals surface area contributed by atoms with Crippen LogP contribution in [0.3, 0.4) is 0 Å². The maximum absolute atomic E-state index is 5.97. The molecule has 2 nitrogen and oxygen atoms in total. The van der Waals surface area contributed by atoms with Gasteiger partial charge in [0.15, 0.2) is 0 Å². The average molecular weight is 231 g/mol. The molecule has 2 heteroatoms. The predicted octanol–water partition coefficient (Wildman–Crippen LogP) is 3.39. The summed E-state index contributed by atoms with van der Waals surface area (Å²) >= 11 is 0. The molecular formula is C15H21NO. The number of benzene rings is 1. The van der Waals surface area contributed by atoms with Crippen molar-refractivity contribution < 1.29 is 4.74 Å². The van der Waals surface area contributed by atoms with Gasteiger partial charge in [-0.1, -0.05) is 6.42 Å². The summed E-state index contributed by atoms with van der Waals surface area (Å²) in [6, 6.07) is 5.90. The highest BCUT2D eigenvalue weighted by Gasteiger charge is 2.39. The van der Waals surface area contributed by atoms with E-state index < -0.39 is 0 Å². The van der Waals surface area contributed by atoms with Crippen molar-refractivity contribution in [3.05, 3.63) is 23.8 Å². The second kappa shape index (κ2) is 4.25. The van der Waals surface area contributed by atoms with E-state index in [1.165, 1.54) is 25.7 Å². The fraction of sp³-hybridized carbons (Fsp3) is 0.600. The Bertz CT molecular complexity index is 415. The van der Waals surface area contributed by atoms with Crippen LogP contribution in [0.4, 0.5) is 5.69 Å². The first kappa shape index (κ1) is 10.9. The molecule has 0 radical (unpaired) electrons. The zero-order valence-corrected chi connectivity index (χ0v) is 10.5. The number of ether oxygens (including phenoxy) is 1. The highest BCUT2D eigenvalue weighted by atomic mass is 16.5. The van der Waals surface area contributed by atoms with Gasteiger partial charge in [0, 0.05) is 5.69 Å². The van der Waals surface area contributed by atoms with Crippen molar-refractivity contribution in [2.24, 2.45) is 17.8 Å². The minimum Gasteiger partial charge on any atom is -0.493 e. The lowest BCUT2D eigenvalue weighted by molar-refractivity contribution is 0.194. The van der Waals surface area contributed by atoms with Crippen LogP contribution < -0.4 is 10.5 Å². The number of nitrogens with two attached hydrogens (primary N) is 1.